The Morgan fingerprint density at radius 3 is 2.54 bits per heavy atom. The summed E-state index contributed by atoms with van der Waals surface area (Å²) >= 11 is 0. The van der Waals surface area contributed by atoms with E-state index in [0.29, 0.717) is 18.2 Å². The maximum Gasteiger partial charge on any atom is 0.270 e. The van der Waals surface area contributed by atoms with Gasteiger partial charge in [-0.05, 0) is 38.3 Å². The number of benzene rings is 1. The number of nitrogens with zero attached hydrogens (tertiary/aromatic N) is 2. The molecule has 126 valence electrons. The summed E-state index contributed by atoms with van der Waals surface area (Å²) in [6.07, 6.45) is 4.51. The lowest BCUT2D eigenvalue weighted by Crippen LogP contribution is -2.33. The van der Waals surface area contributed by atoms with Crippen molar-refractivity contribution >= 4 is 11.9 Å². The maximum absolute atomic E-state index is 12.4. The molecule has 1 aromatic carbocycles. The summed E-state index contributed by atoms with van der Waals surface area (Å²) in [5.41, 5.74) is 3.60. The van der Waals surface area contributed by atoms with E-state index in [1.807, 2.05) is 6.92 Å². The molecule has 1 aromatic heterocycles. The molecule has 0 radical (unpaired) electrons. The molecule has 5 nitrogen and oxygen atoms in total. The van der Waals surface area contributed by atoms with Crippen LogP contribution in [0.5, 0.6) is 0 Å². The molecule has 0 saturated heterocycles. The van der Waals surface area contributed by atoms with Crippen LogP contribution < -0.4 is 10.6 Å². The standard InChI is InChI=1S/C19H24N4O/c1-13-7-9-15(10-8-13)12-20-19-21-14(2)11-17(23-19)18(24)22-16-5-3-4-6-16/h7-11,16H,3-6,12H2,1-2H3,(H,22,24)(H,20,21,23). The lowest BCUT2D eigenvalue weighted by atomic mass is 10.1. The summed E-state index contributed by atoms with van der Waals surface area (Å²) in [6.45, 7) is 4.58. The van der Waals surface area contributed by atoms with Gasteiger partial charge >= 0.3 is 0 Å². The van der Waals surface area contributed by atoms with Crippen LogP contribution in [0.4, 0.5) is 5.95 Å². The lowest BCUT2D eigenvalue weighted by molar-refractivity contribution is 0.0932. The minimum absolute atomic E-state index is 0.106. The number of aromatic nitrogens is 2. The van der Waals surface area contributed by atoms with Gasteiger partial charge in [-0.15, -0.1) is 0 Å². The van der Waals surface area contributed by atoms with E-state index in [0.717, 1.165) is 24.1 Å². The van der Waals surface area contributed by atoms with Crippen LogP contribution in [0, 0.1) is 13.8 Å². The first kappa shape index (κ1) is 16.4. The van der Waals surface area contributed by atoms with Crippen molar-refractivity contribution in [2.45, 2.75) is 52.1 Å². The Hall–Kier alpha value is -2.43. The average molecular weight is 324 g/mol. The fourth-order valence-electron chi connectivity index (χ4n) is 2.98. The fourth-order valence-corrected chi connectivity index (χ4v) is 2.98. The van der Waals surface area contributed by atoms with Crippen molar-refractivity contribution in [3.05, 3.63) is 52.8 Å². The molecule has 1 amide bonds. The molecule has 1 heterocycles. The smallest absolute Gasteiger partial charge is 0.270 e. The van der Waals surface area contributed by atoms with E-state index in [2.05, 4.69) is 51.8 Å². The first-order valence-corrected chi connectivity index (χ1v) is 8.56. The number of hydrogen-bond donors (Lipinski definition) is 2. The SMILES string of the molecule is Cc1ccc(CNc2nc(C)cc(C(=O)NC3CCCC3)n2)cc1. The highest BCUT2D eigenvalue weighted by atomic mass is 16.1. The predicted molar refractivity (Wildman–Crippen MR) is 95.0 cm³/mol. The molecule has 5 heteroatoms. The molecule has 2 N–H and O–H groups in total. The molecule has 0 atom stereocenters. The zero-order chi connectivity index (χ0) is 16.9. The summed E-state index contributed by atoms with van der Waals surface area (Å²) in [5, 5.41) is 6.28. The van der Waals surface area contributed by atoms with Crippen LogP contribution >= 0.6 is 0 Å². The Kier molecular flexibility index (Phi) is 5.08. The van der Waals surface area contributed by atoms with E-state index in [-0.39, 0.29) is 11.9 Å². The van der Waals surface area contributed by atoms with E-state index >= 15 is 0 Å². The second-order valence-electron chi connectivity index (χ2n) is 6.51. The summed E-state index contributed by atoms with van der Waals surface area (Å²) in [4.78, 5) is 21.1. The highest BCUT2D eigenvalue weighted by Crippen LogP contribution is 2.18. The number of anilines is 1. The zero-order valence-corrected chi connectivity index (χ0v) is 14.3. The van der Waals surface area contributed by atoms with Crippen LogP contribution in [0.15, 0.2) is 30.3 Å². The Morgan fingerprint density at radius 1 is 1.12 bits per heavy atom. The van der Waals surface area contributed by atoms with Crippen LogP contribution in [0.1, 0.15) is 53.0 Å². The van der Waals surface area contributed by atoms with Crippen LogP contribution in [0.3, 0.4) is 0 Å². The summed E-state index contributed by atoms with van der Waals surface area (Å²) in [7, 11) is 0. The zero-order valence-electron chi connectivity index (χ0n) is 14.3. The van der Waals surface area contributed by atoms with Gasteiger partial charge in [0.25, 0.3) is 5.91 Å². The molecule has 0 unspecified atom stereocenters. The van der Waals surface area contributed by atoms with Gasteiger partial charge in [-0.3, -0.25) is 4.79 Å². The third-order valence-corrected chi connectivity index (χ3v) is 4.35. The highest BCUT2D eigenvalue weighted by Gasteiger charge is 2.19. The van der Waals surface area contributed by atoms with Gasteiger partial charge in [0, 0.05) is 18.3 Å². The van der Waals surface area contributed by atoms with E-state index in [4.69, 9.17) is 0 Å². The number of carbonyl (C=O) groups excluding carboxylic acids is 1. The monoisotopic (exact) mass is 324 g/mol. The Bertz CT molecular complexity index is 706. The number of hydrogen-bond acceptors (Lipinski definition) is 4. The molecule has 0 spiro atoms. The van der Waals surface area contributed by atoms with Crippen LogP contribution in [-0.2, 0) is 6.54 Å². The molecule has 0 bridgehead atoms. The number of nitrogens with one attached hydrogen (secondary N) is 2. The highest BCUT2D eigenvalue weighted by molar-refractivity contribution is 5.92. The quantitative estimate of drug-likeness (QED) is 0.885. The normalized spacial score (nSPS) is 14.6. The molecule has 0 aliphatic heterocycles. The van der Waals surface area contributed by atoms with Gasteiger partial charge in [-0.25, -0.2) is 9.97 Å². The van der Waals surface area contributed by atoms with Gasteiger partial charge in [0.2, 0.25) is 5.95 Å². The first-order valence-electron chi connectivity index (χ1n) is 8.56. The lowest BCUT2D eigenvalue weighted by Gasteiger charge is -2.12. The number of rotatable bonds is 5. The molecule has 1 aliphatic carbocycles. The van der Waals surface area contributed by atoms with Crippen molar-refractivity contribution in [3.63, 3.8) is 0 Å². The third-order valence-electron chi connectivity index (χ3n) is 4.35. The second-order valence-corrected chi connectivity index (χ2v) is 6.51. The van der Waals surface area contributed by atoms with Gasteiger partial charge in [-0.2, -0.15) is 0 Å². The Labute approximate surface area is 142 Å². The summed E-state index contributed by atoms with van der Waals surface area (Å²) in [5.74, 6) is 0.387. The maximum atomic E-state index is 12.4. The van der Waals surface area contributed by atoms with Crippen molar-refractivity contribution in [1.82, 2.24) is 15.3 Å². The van der Waals surface area contributed by atoms with Crippen molar-refractivity contribution in [2.24, 2.45) is 0 Å². The second kappa shape index (κ2) is 7.43. The van der Waals surface area contributed by atoms with Crippen molar-refractivity contribution in [2.75, 3.05) is 5.32 Å². The van der Waals surface area contributed by atoms with Crippen molar-refractivity contribution < 1.29 is 4.79 Å². The molecule has 2 aromatic rings. The Balaban J connectivity index is 1.66. The van der Waals surface area contributed by atoms with Crippen LogP contribution in [-0.4, -0.2) is 21.9 Å². The number of aryl methyl sites for hydroxylation is 2. The van der Waals surface area contributed by atoms with Gasteiger partial charge < -0.3 is 10.6 Å². The van der Waals surface area contributed by atoms with Crippen molar-refractivity contribution in [3.8, 4) is 0 Å². The minimum Gasteiger partial charge on any atom is -0.350 e. The molecule has 1 fully saturated rings. The third kappa shape index (κ3) is 4.31. The molecule has 24 heavy (non-hydrogen) atoms. The topological polar surface area (TPSA) is 66.9 Å². The van der Waals surface area contributed by atoms with Gasteiger partial charge in [-0.1, -0.05) is 42.7 Å². The predicted octanol–water partition coefficient (Wildman–Crippen LogP) is 3.38. The van der Waals surface area contributed by atoms with Gasteiger partial charge in [0.15, 0.2) is 0 Å². The Morgan fingerprint density at radius 2 is 1.83 bits per heavy atom. The fraction of sp³-hybridized carbons (Fsp3) is 0.421. The summed E-state index contributed by atoms with van der Waals surface area (Å²) < 4.78 is 0. The van der Waals surface area contributed by atoms with E-state index in [1.165, 1.54) is 18.4 Å². The minimum atomic E-state index is -0.106. The van der Waals surface area contributed by atoms with E-state index < -0.39 is 0 Å². The van der Waals surface area contributed by atoms with Crippen molar-refractivity contribution in [1.29, 1.82) is 0 Å². The van der Waals surface area contributed by atoms with Gasteiger partial charge in [0.05, 0.1) is 0 Å². The molecule has 1 aliphatic rings. The number of carbonyl (C=O) groups is 1. The van der Waals surface area contributed by atoms with Crippen LogP contribution in [0.25, 0.3) is 0 Å². The molecule has 1 saturated carbocycles. The number of amides is 1. The van der Waals surface area contributed by atoms with E-state index in [9.17, 15) is 4.79 Å². The van der Waals surface area contributed by atoms with Crippen LogP contribution in [0.2, 0.25) is 0 Å². The molecular weight excluding hydrogens is 300 g/mol. The average Bonchev–Trinajstić information content (AvgIpc) is 3.07. The van der Waals surface area contributed by atoms with E-state index in [1.54, 1.807) is 6.07 Å². The van der Waals surface area contributed by atoms with Gasteiger partial charge in [0.1, 0.15) is 5.69 Å². The summed E-state index contributed by atoms with van der Waals surface area (Å²) in [6, 6.07) is 10.3. The molecular formula is C19H24N4O. The first-order chi connectivity index (χ1) is 11.6. The largest absolute Gasteiger partial charge is 0.350 e. The molecule has 3 rings (SSSR count).